The molecule has 1 unspecified atom stereocenters. The molecule has 0 heterocycles. The molecule has 4 rings (SSSR count). The lowest BCUT2D eigenvalue weighted by molar-refractivity contribution is 0.857. The predicted molar refractivity (Wildman–Crippen MR) is 135 cm³/mol. The topological polar surface area (TPSA) is 0 Å². The van der Waals surface area contributed by atoms with Crippen molar-refractivity contribution in [1.29, 1.82) is 0 Å². The Labute approximate surface area is 184 Å². The van der Waals surface area contributed by atoms with E-state index in [4.69, 9.17) is 0 Å². The first kappa shape index (κ1) is 21.1. The zero-order valence-electron chi connectivity index (χ0n) is 19.8. The van der Waals surface area contributed by atoms with Crippen LogP contribution in [-0.2, 0) is 0 Å². The summed E-state index contributed by atoms with van der Waals surface area (Å²) in [5, 5.41) is 1.73. The molecule has 0 aromatic heterocycles. The minimum Gasteiger partial charge on any atom is -0.0654 e. The van der Waals surface area contributed by atoms with Crippen LogP contribution in [0.3, 0.4) is 0 Å². The molecule has 30 heavy (non-hydrogen) atoms. The summed E-state index contributed by atoms with van der Waals surface area (Å²) in [6.45, 7) is 16.8. The van der Waals surface area contributed by atoms with Crippen molar-refractivity contribution in [3.63, 3.8) is 0 Å². The van der Waals surface area contributed by atoms with E-state index in [9.17, 15) is 0 Å². The summed E-state index contributed by atoms with van der Waals surface area (Å²) in [7, 11) is -1.89. The summed E-state index contributed by atoms with van der Waals surface area (Å²) in [5.41, 5.74) is 14.2. The number of benzene rings is 3. The van der Waals surface area contributed by atoms with Crippen molar-refractivity contribution >= 4 is 13.3 Å². The largest absolute Gasteiger partial charge is 0.0964 e. The van der Waals surface area contributed by atoms with Gasteiger partial charge in [0.1, 0.15) is 0 Å². The maximum absolute atomic E-state index is 2.69. The third-order valence-corrected chi connectivity index (χ3v) is 13.3. The second kappa shape index (κ2) is 7.85. The van der Waals surface area contributed by atoms with Gasteiger partial charge in [-0.25, -0.2) is 0 Å². The van der Waals surface area contributed by atoms with Gasteiger partial charge in [-0.1, -0.05) is 86.1 Å². The zero-order valence-corrected chi connectivity index (χ0v) is 20.8. The predicted octanol–water partition coefficient (Wildman–Crippen LogP) is 7.67. The SMILES string of the molecule is CCCC[Si](C)(c1c(C)c(C)c(C)c(C)c1C)C1c2ccccc2-c2ccccc21. The fourth-order valence-corrected chi connectivity index (χ4v) is 12.0. The standard InChI is InChI=1S/C29H36Si/c1-8-9-18-30(7,28-22(5)20(3)19(2)21(4)23(28)6)29-26-16-12-10-14-24(26)25-15-11-13-17-27(25)29/h10-17,29H,8-9,18H2,1-7H3. The summed E-state index contributed by atoms with van der Waals surface area (Å²) >= 11 is 0. The lowest BCUT2D eigenvalue weighted by Crippen LogP contribution is -2.53. The molecular weight excluding hydrogens is 376 g/mol. The van der Waals surface area contributed by atoms with Crippen LogP contribution in [0.1, 0.15) is 64.3 Å². The number of fused-ring (bicyclic) bond motifs is 3. The Morgan fingerprint density at radius 1 is 0.667 bits per heavy atom. The molecule has 0 radical (unpaired) electrons. The second-order valence-electron chi connectivity index (χ2n) is 9.63. The van der Waals surface area contributed by atoms with Crippen molar-refractivity contribution in [2.45, 2.75) is 72.5 Å². The van der Waals surface area contributed by atoms with E-state index in [1.807, 2.05) is 0 Å². The van der Waals surface area contributed by atoms with Gasteiger partial charge in [0.25, 0.3) is 0 Å². The van der Waals surface area contributed by atoms with E-state index in [0.29, 0.717) is 5.54 Å². The van der Waals surface area contributed by atoms with Crippen LogP contribution in [0.15, 0.2) is 48.5 Å². The molecule has 1 aliphatic carbocycles. The average Bonchev–Trinajstić information content (AvgIpc) is 3.10. The minimum atomic E-state index is -1.89. The first-order chi connectivity index (χ1) is 14.3. The molecule has 0 fully saturated rings. The molecule has 3 aromatic carbocycles. The van der Waals surface area contributed by atoms with Crippen LogP contribution in [-0.4, -0.2) is 8.07 Å². The van der Waals surface area contributed by atoms with E-state index in [0.717, 1.165) is 0 Å². The van der Waals surface area contributed by atoms with Crippen LogP contribution in [0.5, 0.6) is 0 Å². The zero-order chi connectivity index (χ0) is 21.6. The molecule has 1 aliphatic rings. The highest BCUT2D eigenvalue weighted by Gasteiger charge is 2.46. The van der Waals surface area contributed by atoms with Gasteiger partial charge in [0.2, 0.25) is 0 Å². The maximum atomic E-state index is 2.69. The molecule has 0 nitrogen and oxygen atoms in total. The van der Waals surface area contributed by atoms with Gasteiger partial charge in [0, 0.05) is 5.54 Å². The molecule has 0 bridgehead atoms. The molecule has 1 atom stereocenters. The lowest BCUT2D eigenvalue weighted by atomic mass is 9.95. The summed E-state index contributed by atoms with van der Waals surface area (Å²) in [6.07, 6.45) is 2.58. The molecule has 0 amide bonds. The first-order valence-corrected chi connectivity index (χ1v) is 14.4. The van der Waals surface area contributed by atoms with Crippen LogP contribution in [0.2, 0.25) is 12.6 Å². The van der Waals surface area contributed by atoms with Crippen LogP contribution < -0.4 is 5.19 Å². The highest BCUT2D eigenvalue weighted by molar-refractivity contribution is 6.93. The molecule has 0 saturated carbocycles. The highest BCUT2D eigenvalue weighted by atomic mass is 28.3. The Kier molecular flexibility index (Phi) is 5.53. The average molecular weight is 413 g/mol. The molecule has 0 N–H and O–H groups in total. The molecule has 1 heteroatoms. The molecule has 156 valence electrons. The van der Waals surface area contributed by atoms with Gasteiger partial charge in [-0.05, 0) is 84.7 Å². The van der Waals surface area contributed by atoms with Gasteiger partial charge in [0.05, 0.1) is 8.07 Å². The summed E-state index contributed by atoms with van der Waals surface area (Å²) in [6, 6.07) is 19.8. The molecule has 3 aromatic rings. The maximum Gasteiger partial charge on any atom is 0.0964 e. The summed E-state index contributed by atoms with van der Waals surface area (Å²) < 4.78 is 0. The molecule has 0 spiro atoms. The van der Waals surface area contributed by atoms with Gasteiger partial charge >= 0.3 is 0 Å². The van der Waals surface area contributed by atoms with E-state index < -0.39 is 8.07 Å². The number of hydrogen-bond donors (Lipinski definition) is 0. The quantitative estimate of drug-likeness (QED) is 0.377. The van der Waals surface area contributed by atoms with Crippen molar-refractivity contribution in [3.05, 3.63) is 87.5 Å². The van der Waals surface area contributed by atoms with Crippen molar-refractivity contribution in [2.75, 3.05) is 0 Å². The number of unbranched alkanes of at least 4 members (excludes halogenated alkanes) is 1. The Balaban J connectivity index is 2.05. The lowest BCUT2D eigenvalue weighted by Gasteiger charge is -2.39. The van der Waals surface area contributed by atoms with Gasteiger partial charge in [-0.15, -0.1) is 0 Å². The van der Waals surface area contributed by atoms with Crippen LogP contribution in [0.25, 0.3) is 11.1 Å². The highest BCUT2D eigenvalue weighted by Crippen LogP contribution is 2.50. The van der Waals surface area contributed by atoms with E-state index in [1.165, 1.54) is 46.7 Å². The van der Waals surface area contributed by atoms with Crippen molar-refractivity contribution in [1.82, 2.24) is 0 Å². The summed E-state index contributed by atoms with van der Waals surface area (Å²) in [5.74, 6) is 0. The summed E-state index contributed by atoms with van der Waals surface area (Å²) in [4.78, 5) is 0. The van der Waals surface area contributed by atoms with E-state index in [-0.39, 0.29) is 0 Å². The van der Waals surface area contributed by atoms with Crippen molar-refractivity contribution in [3.8, 4) is 11.1 Å². The molecule has 0 aliphatic heterocycles. The van der Waals surface area contributed by atoms with E-state index in [1.54, 1.807) is 27.4 Å². The Morgan fingerprint density at radius 2 is 1.10 bits per heavy atom. The number of hydrogen-bond acceptors (Lipinski definition) is 0. The Hall–Kier alpha value is -2.12. The normalized spacial score (nSPS) is 15.0. The Bertz CT molecular complexity index is 1030. The minimum absolute atomic E-state index is 0.537. The molecule has 0 saturated heterocycles. The van der Waals surface area contributed by atoms with Crippen LogP contribution in [0.4, 0.5) is 0 Å². The van der Waals surface area contributed by atoms with Gasteiger partial charge in [-0.2, -0.15) is 0 Å². The number of rotatable bonds is 5. The Morgan fingerprint density at radius 3 is 1.57 bits per heavy atom. The van der Waals surface area contributed by atoms with E-state index >= 15 is 0 Å². The second-order valence-corrected chi connectivity index (χ2v) is 14.0. The molecular formula is C29H36Si. The van der Waals surface area contributed by atoms with Gasteiger partial charge < -0.3 is 0 Å². The van der Waals surface area contributed by atoms with Crippen molar-refractivity contribution in [2.24, 2.45) is 0 Å². The van der Waals surface area contributed by atoms with Gasteiger partial charge in [-0.3, -0.25) is 0 Å². The van der Waals surface area contributed by atoms with Crippen LogP contribution in [0, 0.1) is 34.6 Å². The third kappa shape index (κ3) is 3.02. The van der Waals surface area contributed by atoms with Crippen LogP contribution >= 0.6 is 0 Å². The monoisotopic (exact) mass is 412 g/mol. The smallest absolute Gasteiger partial charge is 0.0654 e. The fourth-order valence-electron chi connectivity index (χ4n) is 6.16. The van der Waals surface area contributed by atoms with Crippen molar-refractivity contribution < 1.29 is 0 Å². The van der Waals surface area contributed by atoms with Gasteiger partial charge in [0.15, 0.2) is 0 Å². The fraction of sp³-hybridized carbons (Fsp3) is 0.379. The van der Waals surface area contributed by atoms with E-state index in [2.05, 4.69) is 96.6 Å². The third-order valence-electron chi connectivity index (χ3n) is 8.09. The first-order valence-electron chi connectivity index (χ1n) is 11.6.